The van der Waals surface area contributed by atoms with Crippen molar-refractivity contribution in [1.82, 2.24) is 4.98 Å². The highest BCUT2D eigenvalue weighted by Crippen LogP contribution is 2.26. The van der Waals surface area contributed by atoms with E-state index in [4.69, 9.17) is 4.74 Å². The molecule has 5 heteroatoms. The molecule has 0 radical (unpaired) electrons. The SMILES string of the molecule is CC1CCCC(OCc2cccc(NC(=O)/C=C/c3cncc(F)c3)c2)C1. The Morgan fingerprint density at radius 3 is 3.04 bits per heavy atom. The molecule has 0 aliphatic heterocycles. The standard InChI is InChI=1S/C22H25FN2O2/c1-16-4-2-7-21(10-16)27-15-18-5-3-6-20(12-18)25-22(26)9-8-17-11-19(23)14-24-13-17/h3,5-6,8-9,11-14,16,21H,2,4,7,10,15H2,1H3,(H,25,26)/b9-8+. The number of benzene rings is 1. The van der Waals surface area contributed by atoms with Crippen molar-refractivity contribution in [2.75, 3.05) is 5.32 Å². The first-order valence-corrected chi connectivity index (χ1v) is 9.38. The maximum Gasteiger partial charge on any atom is 0.248 e. The molecular weight excluding hydrogens is 343 g/mol. The van der Waals surface area contributed by atoms with Crippen LogP contribution in [0.1, 0.15) is 43.7 Å². The number of nitrogens with one attached hydrogen (secondary N) is 1. The molecule has 2 unspecified atom stereocenters. The van der Waals surface area contributed by atoms with Crippen LogP contribution in [0.2, 0.25) is 0 Å². The van der Waals surface area contributed by atoms with E-state index in [9.17, 15) is 9.18 Å². The van der Waals surface area contributed by atoms with E-state index in [1.807, 2.05) is 24.3 Å². The summed E-state index contributed by atoms with van der Waals surface area (Å²) in [7, 11) is 0. The molecule has 2 atom stereocenters. The first-order chi connectivity index (χ1) is 13.1. The highest BCUT2D eigenvalue weighted by Gasteiger charge is 2.19. The Morgan fingerprint density at radius 2 is 2.22 bits per heavy atom. The number of amides is 1. The maximum absolute atomic E-state index is 13.1. The number of ether oxygens (including phenoxy) is 1. The average Bonchev–Trinajstić information content (AvgIpc) is 2.65. The van der Waals surface area contributed by atoms with Crippen molar-refractivity contribution in [2.45, 2.75) is 45.3 Å². The fraction of sp³-hybridized carbons (Fsp3) is 0.364. The summed E-state index contributed by atoms with van der Waals surface area (Å²) in [4.78, 5) is 15.8. The normalized spacial score (nSPS) is 19.9. The van der Waals surface area contributed by atoms with Gasteiger partial charge in [-0.1, -0.05) is 31.9 Å². The first kappa shape index (κ1) is 19.2. The van der Waals surface area contributed by atoms with E-state index < -0.39 is 5.82 Å². The predicted octanol–water partition coefficient (Wildman–Crippen LogP) is 4.97. The number of aromatic nitrogens is 1. The summed E-state index contributed by atoms with van der Waals surface area (Å²) in [6, 6.07) is 8.97. The molecule has 1 aromatic heterocycles. The molecule has 2 aromatic rings. The highest BCUT2D eigenvalue weighted by atomic mass is 19.1. The Balaban J connectivity index is 1.53. The van der Waals surface area contributed by atoms with Gasteiger partial charge in [0.1, 0.15) is 5.82 Å². The van der Waals surface area contributed by atoms with Crippen molar-refractivity contribution in [3.63, 3.8) is 0 Å². The van der Waals surface area contributed by atoms with Gasteiger partial charge in [-0.2, -0.15) is 0 Å². The molecule has 1 aliphatic carbocycles. The number of carbonyl (C=O) groups is 1. The summed E-state index contributed by atoms with van der Waals surface area (Å²) in [6.07, 6.45) is 10.6. The van der Waals surface area contributed by atoms with Gasteiger partial charge in [-0.15, -0.1) is 0 Å². The lowest BCUT2D eigenvalue weighted by atomic mass is 9.89. The smallest absolute Gasteiger partial charge is 0.248 e. The van der Waals surface area contributed by atoms with Crippen LogP contribution in [0.3, 0.4) is 0 Å². The Morgan fingerprint density at radius 1 is 1.33 bits per heavy atom. The van der Waals surface area contributed by atoms with Gasteiger partial charge in [0.15, 0.2) is 0 Å². The molecule has 4 nitrogen and oxygen atoms in total. The second-order valence-corrected chi connectivity index (χ2v) is 7.16. The summed E-state index contributed by atoms with van der Waals surface area (Å²) in [5, 5.41) is 2.82. The lowest BCUT2D eigenvalue weighted by Crippen LogP contribution is -2.21. The molecular formula is C22H25FN2O2. The Bertz CT molecular complexity index is 806. The van der Waals surface area contributed by atoms with Gasteiger partial charge in [0.05, 0.1) is 18.9 Å². The zero-order chi connectivity index (χ0) is 19.1. The lowest BCUT2D eigenvalue weighted by Gasteiger charge is -2.26. The van der Waals surface area contributed by atoms with Crippen LogP contribution in [-0.2, 0) is 16.1 Å². The highest BCUT2D eigenvalue weighted by molar-refractivity contribution is 6.01. The van der Waals surface area contributed by atoms with Crippen molar-refractivity contribution in [2.24, 2.45) is 5.92 Å². The third-order valence-electron chi connectivity index (χ3n) is 4.72. The molecule has 0 spiro atoms. The van der Waals surface area contributed by atoms with Crippen LogP contribution in [0.25, 0.3) is 6.08 Å². The Kier molecular flexibility index (Phi) is 6.71. The van der Waals surface area contributed by atoms with Crippen molar-refractivity contribution in [1.29, 1.82) is 0 Å². The van der Waals surface area contributed by atoms with E-state index in [1.165, 1.54) is 37.3 Å². The summed E-state index contributed by atoms with van der Waals surface area (Å²) >= 11 is 0. The van der Waals surface area contributed by atoms with Crippen LogP contribution in [0.4, 0.5) is 10.1 Å². The summed E-state index contributed by atoms with van der Waals surface area (Å²) in [5.41, 5.74) is 2.28. The molecule has 0 saturated heterocycles. The lowest BCUT2D eigenvalue weighted by molar-refractivity contribution is -0.111. The van der Waals surface area contributed by atoms with E-state index in [-0.39, 0.29) is 5.91 Å². The van der Waals surface area contributed by atoms with Gasteiger partial charge in [-0.25, -0.2) is 4.39 Å². The number of rotatable bonds is 6. The molecule has 1 aliphatic rings. The molecule has 1 amide bonds. The summed E-state index contributed by atoms with van der Waals surface area (Å²) in [6.45, 7) is 2.82. The average molecular weight is 368 g/mol. The summed E-state index contributed by atoms with van der Waals surface area (Å²) in [5.74, 6) is 0.0190. The topological polar surface area (TPSA) is 51.2 Å². The van der Waals surface area contributed by atoms with Crippen LogP contribution >= 0.6 is 0 Å². The molecule has 0 bridgehead atoms. The molecule has 1 aromatic carbocycles. The predicted molar refractivity (Wildman–Crippen MR) is 105 cm³/mol. The number of carbonyl (C=O) groups excluding carboxylic acids is 1. The van der Waals surface area contributed by atoms with Gasteiger partial charge in [-0.05, 0) is 54.2 Å². The number of nitrogens with zero attached hydrogens (tertiary/aromatic N) is 1. The molecule has 1 N–H and O–H groups in total. The van der Waals surface area contributed by atoms with Crippen molar-refractivity contribution < 1.29 is 13.9 Å². The van der Waals surface area contributed by atoms with Gasteiger partial charge in [0.25, 0.3) is 0 Å². The van der Waals surface area contributed by atoms with Crippen molar-refractivity contribution in [3.05, 3.63) is 65.7 Å². The van der Waals surface area contributed by atoms with Crippen LogP contribution in [-0.4, -0.2) is 17.0 Å². The monoisotopic (exact) mass is 368 g/mol. The van der Waals surface area contributed by atoms with Crippen LogP contribution in [0.15, 0.2) is 48.8 Å². The minimum absolute atomic E-state index is 0.279. The summed E-state index contributed by atoms with van der Waals surface area (Å²) < 4.78 is 19.1. The van der Waals surface area contributed by atoms with Crippen molar-refractivity contribution >= 4 is 17.7 Å². The van der Waals surface area contributed by atoms with E-state index in [0.29, 0.717) is 24.0 Å². The van der Waals surface area contributed by atoms with E-state index in [2.05, 4.69) is 17.2 Å². The number of hydrogen-bond donors (Lipinski definition) is 1. The Labute approximate surface area is 159 Å². The quantitative estimate of drug-likeness (QED) is 0.733. The largest absolute Gasteiger partial charge is 0.374 e. The zero-order valence-corrected chi connectivity index (χ0v) is 15.5. The second kappa shape index (κ2) is 9.42. The van der Waals surface area contributed by atoms with Gasteiger partial charge in [0, 0.05) is 18.0 Å². The zero-order valence-electron chi connectivity index (χ0n) is 15.5. The molecule has 142 valence electrons. The Hall–Kier alpha value is -2.53. The van der Waals surface area contributed by atoms with E-state index in [1.54, 1.807) is 0 Å². The number of halogens is 1. The van der Waals surface area contributed by atoms with Gasteiger partial charge < -0.3 is 10.1 Å². The molecule has 1 saturated carbocycles. The third kappa shape index (κ3) is 6.29. The number of pyridine rings is 1. The molecule has 1 heterocycles. The number of anilines is 1. The first-order valence-electron chi connectivity index (χ1n) is 9.38. The van der Waals surface area contributed by atoms with Gasteiger partial charge >= 0.3 is 0 Å². The van der Waals surface area contributed by atoms with Crippen LogP contribution in [0.5, 0.6) is 0 Å². The molecule has 1 fully saturated rings. The van der Waals surface area contributed by atoms with Crippen LogP contribution < -0.4 is 5.32 Å². The van der Waals surface area contributed by atoms with E-state index >= 15 is 0 Å². The van der Waals surface area contributed by atoms with Crippen LogP contribution in [0, 0.1) is 11.7 Å². The van der Waals surface area contributed by atoms with E-state index in [0.717, 1.165) is 30.5 Å². The maximum atomic E-state index is 13.1. The van der Waals surface area contributed by atoms with Gasteiger partial charge in [-0.3, -0.25) is 9.78 Å². The van der Waals surface area contributed by atoms with Gasteiger partial charge in [0.2, 0.25) is 5.91 Å². The fourth-order valence-electron chi connectivity index (χ4n) is 3.36. The fourth-order valence-corrected chi connectivity index (χ4v) is 3.36. The molecule has 27 heavy (non-hydrogen) atoms. The molecule has 3 rings (SSSR count). The minimum Gasteiger partial charge on any atom is -0.374 e. The van der Waals surface area contributed by atoms with Crippen molar-refractivity contribution in [3.8, 4) is 0 Å². The second-order valence-electron chi connectivity index (χ2n) is 7.16. The minimum atomic E-state index is -0.433. The third-order valence-corrected chi connectivity index (χ3v) is 4.72. The number of hydrogen-bond acceptors (Lipinski definition) is 3.